The first kappa shape index (κ1) is 14.8. The summed E-state index contributed by atoms with van der Waals surface area (Å²) in [5.74, 6) is -1.40. The van der Waals surface area contributed by atoms with Crippen molar-refractivity contribution in [3.05, 3.63) is 65.2 Å². The number of carbonyl (C=O) groups is 2. The average molecular weight is 282 g/mol. The van der Waals surface area contributed by atoms with Crippen LogP contribution in [0.1, 0.15) is 27.9 Å². The van der Waals surface area contributed by atoms with E-state index in [-0.39, 0.29) is 11.5 Å². The predicted octanol–water partition coefficient (Wildman–Crippen LogP) is 1.93. The molecule has 0 bridgehead atoms. The molecule has 0 radical (unpaired) electrons. The summed E-state index contributed by atoms with van der Waals surface area (Å²) in [4.78, 5) is 22.8. The number of aryl methyl sites for hydroxylation is 2. The minimum atomic E-state index is -1.25. The van der Waals surface area contributed by atoms with Crippen molar-refractivity contribution in [1.82, 2.24) is 0 Å². The van der Waals surface area contributed by atoms with Gasteiger partial charge in [0.1, 0.15) is 0 Å². The third kappa shape index (κ3) is 4.18. The molecule has 0 spiro atoms. The van der Waals surface area contributed by atoms with E-state index < -0.39 is 5.97 Å². The number of aromatic carboxylic acids is 1. The monoisotopic (exact) mass is 282 g/mol. The minimum absolute atomic E-state index is 0.0546. The molecule has 0 heterocycles. The van der Waals surface area contributed by atoms with Crippen molar-refractivity contribution in [1.29, 1.82) is 0 Å². The van der Waals surface area contributed by atoms with Crippen LogP contribution in [0.3, 0.4) is 0 Å². The summed E-state index contributed by atoms with van der Waals surface area (Å²) in [6, 6.07) is 14.3. The number of carboxylic acid groups (broad SMARTS) is 1. The first-order valence-electron chi connectivity index (χ1n) is 6.72. The molecule has 0 aliphatic rings. The van der Waals surface area contributed by atoms with E-state index in [2.05, 4.69) is 5.32 Å². The Morgan fingerprint density at radius 1 is 1.10 bits per heavy atom. The highest BCUT2D eigenvalue weighted by atomic mass is 16.4. The standard InChI is InChI=1S/C17H17NO3/c1-12-7-9-14(17(20)21)11-15(12)18-16(19)10-8-13-5-3-2-4-6-13/h2-7,9,11H,8,10H2,1H3,(H,18,19)(H,20,21)/p-1. The summed E-state index contributed by atoms with van der Waals surface area (Å²) >= 11 is 0. The van der Waals surface area contributed by atoms with Crippen LogP contribution in [-0.4, -0.2) is 11.9 Å². The molecule has 0 atom stereocenters. The van der Waals surface area contributed by atoms with Gasteiger partial charge < -0.3 is 15.2 Å². The van der Waals surface area contributed by atoms with Crippen LogP contribution < -0.4 is 10.4 Å². The van der Waals surface area contributed by atoms with Crippen LogP contribution in [0.5, 0.6) is 0 Å². The second-order valence-corrected chi connectivity index (χ2v) is 4.85. The maximum Gasteiger partial charge on any atom is 0.224 e. The fraction of sp³-hybridized carbons (Fsp3) is 0.176. The largest absolute Gasteiger partial charge is 0.545 e. The van der Waals surface area contributed by atoms with Crippen molar-refractivity contribution in [2.45, 2.75) is 19.8 Å². The first-order chi connectivity index (χ1) is 10.1. The summed E-state index contributed by atoms with van der Waals surface area (Å²) in [6.07, 6.45) is 0.991. The van der Waals surface area contributed by atoms with Crippen LogP contribution in [0, 0.1) is 6.92 Å². The Labute approximate surface area is 123 Å². The number of hydrogen-bond donors (Lipinski definition) is 1. The Morgan fingerprint density at radius 3 is 2.48 bits per heavy atom. The van der Waals surface area contributed by atoms with Gasteiger partial charge in [0.15, 0.2) is 0 Å². The van der Waals surface area contributed by atoms with Gasteiger partial charge in [-0.15, -0.1) is 0 Å². The molecule has 0 unspecified atom stereocenters. The highest BCUT2D eigenvalue weighted by Crippen LogP contribution is 2.17. The third-order valence-corrected chi connectivity index (χ3v) is 3.23. The lowest BCUT2D eigenvalue weighted by Gasteiger charge is -2.11. The normalized spacial score (nSPS) is 10.1. The zero-order valence-corrected chi connectivity index (χ0v) is 11.8. The third-order valence-electron chi connectivity index (χ3n) is 3.23. The Balaban J connectivity index is 1.99. The van der Waals surface area contributed by atoms with E-state index in [1.807, 2.05) is 37.3 Å². The summed E-state index contributed by atoms with van der Waals surface area (Å²) < 4.78 is 0. The zero-order valence-electron chi connectivity index (χ0n) is 11.8. The van der Waals surface area contributed by atoms with Crippen LogP contribution in [0.2, 0.25) is 0 Å². The summed E-state index contributed by atoms with van der Waals surface area (Å²) in [6.45, 7) is 1.81. The molecule has 2 rings (SSSR count). The van der Waals surface area contributed by atoms with E-state index in [1.165, 1.54) is 12.1 Å². The van der Waals surface area contributed by atoms with Crippen molar-refractivity contribution >= 4 is 17.6 Å². The van der Waals surface area contributed by atoms with Crippen LogP contribution >= 0.6 is 0 Å². The van der Waals surface area contributed by atoms with Crippen LogP contribution in [-0.2, 0) is 11.2 Å². The van der Waals surface area contributed by atoms with Crippen molar-refractivity contribution in [2.24, 2.45) is 0 Å². The number of benzene rings is 2. The molecule has 0 aliphatic carbocycles. The molecule has 1 amide bonds. The maximum atomic E-state index is 11.9. The predicted molar refractivity (Wildman–Crippen MR) is 78.9 cm³/mol. The van der Waals surface area contributed by atoms with Gasteiger partial charge in [0, 0.05) is 12.1 Å². The quantitative estimate of drug-likeness (QED) is 0.911. The Hall–Kier alpha value is -2.62. The second kappa shape index (κ2) is 6.70. The van der Waals surface area contributed by atoms with E-state index in [9.17, 15) is 14.7 Å². The van der Waals surface area contributed by atoms with Gasteiger partial charge in [-0.05, 0) is 36.1 Å². The van der Waals surface area contributed by atoms with Crippen LogP contribution in [0.4, 0.5) is 5.69 Å². The van der Waals surface area contributed by atoms with Crippen molar-refractivity contribution in [3.8, 4) is 0 Å². The summed E-state index contributed by atoms with van der Waals surface area (Å²) in [7, 11) is 0. The lowest BCUT2D eigenvalue weighted by molar-refractivity contribution is -0.255. The van der Waals surface area contributed by atoms with Crippen molar-refractivity contribution in [3.63, 3.8) is 0 Å². The number of hydrogen-bond acceptors (Lipinski definition) is 3. The molecule has 2 aromatic carbocycles. The molecule has 2 aromatic rings. The highest BCUT2D eigenvalue weighted by molar-refractivity contribution is 5.94. The van der Waals surface area contributed by atoms with Crippen molar-refractivity contribution < 1.29 is 14.7 Å². The molecule has 108 valence electrons. The number of amides is 1. The molecule has 21 heavy (non-hydrogen) atoms. The molecular formula is C17H16NO3-. The summed E-state index contributed by atoms with van der Waals surface area (Å²) in [5.41, 5.74) is 2.47. The van der Waals surface area contributed by atoms with E-state index >= 15 is 0 Å². The van der Waals surface area contributed by atoms with Gasteiger partial charge in [-0.1, -0.05) is 42.5 Å². The number of nitrogens with one attached hydrogen (secondary N) is 1. The number of carboxylic acids is 1. The van der Waals surface area contributed by atoms with Gasteiger partial charge in [0.05, 0.1) is 5.97 Å². The van der Waals surface area contributed by atoms with Crippen LogP contribution in [0.25, 0.3) is 0 Å². The molecule has 0 aromatic heterocycles. The molecular weight excluding hydrogens is 266 g/mol. The SMILES string of the molecule is Cc1ccc(C(=O)[O-])cc1NC(=O)CCc1ccccc1. The molecule has 4 nitrogen and oxygen atoms in total. The fourth-order valence-corrected chi connectivity index (χ4v) is 2.00. The number of rotatable bonds is 5. The lowest BCUT2D eigenvalue weighted by atomic mass is 10.1. The smallest absolute Gasteiger partial charge is 0.224 e. The Morgan fingerprint density at radius 2 is 1.81 bits per heavy atom. The molecule has 0 saturated heterocycles. The van der Waals surface area contributed by atoms with Gasteiger partial charge in [0.25, 0.3) is 0 Å². The van der Waals surface area contributed by atoms with Gasteiger partial charge in [-0.3, -0.25) is 4.79 Å². The molecule has 0 aliphatic heterocycles. The van der Waals surface area contributed by atoms with Gasteiger partial charge in [0.2, 0.25) is 5.91 Å². The first-order valence-corrected chi connectivity index (χ1v) is 6.72. The second-order valence-electron chi connectivity index (χ2n) is 4.85. The van der Waals surface area contributed by atoms with Gasteiger partial charge >= 0.3 is 0 Å². The summed E-state index contributed by atoms with van der Waals surface area (Å²) in [5, 5.41) is 13.6. The molecule has 0 saturated carbocycles. The van der Waals surface area contributed by atoms with E-state index in [4.69, 9.17) is 0 Å². The van der Waals surface area contributed by atoms with Crippen LogP contribution in [0.15, 0.2) is 48.5 Å². The number of carbonyl (C=O) groups excluding carboxylic acids is 2. The van der Waals surface area contributed by atoms with E-state index in [1.54, 1.807) is 6.07 Å². The van der Waals surface area contributed by atoms with Gasteiger partial charge in [-0.25, -0.2) is 0 Å². The Kier molecular flexibility index (Phi) is 4.72. The molecule has 4 heteroatoms. The van der Waals surface area contributed by atoms with Gasteiger partial charge in [-0.2, -0.15) is 0 Å². The zero-order chi connectivity index (χ0) is 15.2. The van der Waals surface area contributed by atoms with E-state index in [0.29, 0.717) is 18.5 Å². The molecule has 0 fully saturated rings. The molecule has 1 N–H and O–H groups in total. The fourth-order valence-electron chi connectivity index (χ4n) is 2.00. The average Bonchev–Trinajstić information content (AvgIpc) is 2.48. The highest BCUT2D eigenvalue weighted by Gasteiger charge is 2.06. The Bertz CT molecular complexity index is 650. The maximum absolute atomic E-state index is 11.9. The van der Waals surface area contributed by atoms with Crippen molar-refractivity contribution in [2.75, 3.05) is 5.32 Å². The number of anilines is 1. The lowest BCUT2D eigenvalue weighted by Crippen LogP contribution is -2.22. The minimum Gasteiger partial charge on any atom is -0.545 e. The van der Waals surface area contributed by atoms with E-state index in [0.717, 1.165) is 11.1 Å². The topological polar surface area (TPSA) is 69.2 Å².